The maximum absolute atomic E-state index is 13.1. The van der Waals surface area contributed by atoms with E-state index in [9.17, 15) is 9.18 Å². The lowest BCUT2D eigenvalue weighted by Crippen LogP contribution is -2.24. The minimum absolute atomic E-state index is 0.227. The van der Waals surface area contributed by atoms with E-state index in [-0.39, 0.29) is 11.7 Å². The van der Waals surface area contributed by atoms with Crippen molar-refractivity contribution < 1.29 is 13.9 Å². The van der Waals surface area contributed by atoms with Crippen LogP contribution in [0.25, 0.3) is 6.08 Å². The summed E-state index contributed by atoms with van der Waals surface area (Å²) >= 11 is 1.65. The molecule has 2 aromatic rings. The minimum Gasteiger partial charge on any atom is -0.377 e. The SMILES string of the molecule is Cn1c(CCNC(=O)/C=C/c2cccc(F)c2)nnc1SCC1CCCO1. The number of hydrogen-bond donors (Lipinski definition) is 1. The lowest BCUT2D eigenvalue weighted by Gasteiger charge is -2.08. The first-order valence-electron chi connectivity index (χ1n) is 8.96. The van der Waals surface area contributed by atoms with Gasteiger partial charge in [0, 0.05) is 38.4 Å². The molecular weight excluding hydrogens is 367 g/mol. The number of nitrogens with zero attached hydrogens (tertiary/aromatic N) is 3. The molecule has 1 aliphatic heterocycles. The highest BCUT2D eigenvalue weighted by atomic mass is 32.2. The van der Waals surface area contributed by atoms with E-state index in [1.54, 1.807) is 30.0 Å². The number of ether oxygens (including phenoxy) is 1. The van der Waals surface area contributed by atoms with E-state index in [4.69, 9.17) is 4.74 Å². The van der Waals surface area contributed by atoms with Crippen molar-refractivity contribution in [2.24, 2.45) is 7.05 Å². The Balaban J connectivity index is 1.42. The first-order chi connectivity index (χ1) is 13.1. The van der Waals surface area contributed by atoms with Crippen LogP contribution in [0.1, 0.15) is 24.2 Å². The predicted octanol–water partition coefficient (Wildman–Crippen LogP) is 2.60. The van der Waals surface area contributed by atoms with Gasteiger partial charge in [-0.1, -0.05) is 23.9 Å². The van der Waals surface area contributed by atoms with Crippen LogP contribution in [0.3, 0.4) is 0 Å². The van der Waals surface area contributed by atoms with Crippen LogP contribution in [0.15, 0.2) is 35.5 Å². The molecule has 8 heteroatoms. The molecule has 3 rings (SSSR count). The lowest BCUT2D eigenvalue weighted by atomic mass is 10.2. The van der Waals surface area contributed by atoms with Crippen molar-refractivity contribution in [3.8, 4) is 0 Å². The van der Waals surface area contributed by atoms with Crippen LogP contribution in [0, 0.1) is 5.82 Å². The number of carbonyl (C=O) groups is 1. The van der Waals surface area contributed by atoms with Crippen molar-refractivity contribution in [1.82, 2.24) is 20.1 Å². The highest BCUT2D eigenvalue weighted by Crippen LogP contribution is 2.22. The van der Waals surface area contributed by atoms with Gasteiger partial charge in [-0.05, 0) is 36.6 Å². The van der Waals surface area contributed by atoms with Crippen LogP contribution in [-0.2, 0) is 23.0 Å². The first-order valence-corrected chi connectivity index (χ1v) is 9.94. The van der Waals surface area contributed by atoms with Gasteiger partial charge in [-0.3, -0.25) is 4.79 Å². The number of amides is 1. The number of halogens is 1. The summed E-state index contributed by atoms with van der Waals surface area (Å²) in [7, 11) is 1.93. The van der Waals surface area contributed by atoms with Gasteiger partial charge < -0.3 is 14.6 Å². The van der Waals surface area contributed by atoms with Gasteiger partial charge in [-0.25, -0.2) is 4.39 Å². The highest BCUT2D eigenvalue weighted by molar-refractivity contribution is 7.99. The second kappa shape index (κ2) is 9.66. The summed E-state index contributed by atoms with van der Waals surface area (Å²) in [6.07, 6.45) is 6.10. The summed E-state index contributed by atoms with van der Waals surface area (Å²) in [5.74, 6) is 1.15. The van der Waals surface area contributed by atoms with Crippen LogP contribution < -0.4 is 5.32 Å². The number of nitrogens with one attached hydrogen (secondary N) is 1. The third kappa shape index (κ3) is 5.90. The summed E-state index contributed by atoms with van der Waals surface area (Å²) in [6.45, 7) is 1.30. The van der Waals surface area contributed by atoms with E-state index in [1.165, 1.54) is 18.2 Å². The molecule has 0 bridgehead atoms. The molecule has 0 aliphatic carbocycles. The zero-order chi connectivity index (χ0) is 19.1. The van der Waals surface area contributed by atoms with E-state index in [1.807, 2.05) is 11.6 Å². The van der Waals surface area contributed by atoms with E-state index in [0.717, 1.165) is 36.2 Å². The third-order valence-electron chi connectivity index (χ3n) is 4.27. The molecule has 0 spiro atoms. The molecule has 0 saturated carbocycles. The fourth-order valence-corrected chi connectivity index (χ4v) is 3.77. The van der Waals surface area contributed by atoms with Gasteiger partial charge in [-0.2, -0.15) is 0 Å². The average molecular weight is 390 g/mol. The Kier molecular flexibility index (Phi) is 7.00. The summed E-state index contributed by atoms with van der Waals surface area (Å²) < 4.78 is 20.7. The topological polar surface area (TPSA) is 69.0 Å². The fourth-order valence-electron chi connectivity index (χ4n) is 2.77. The Morgan fingerprint density at radius 3 is 3.15 bits per heavy atom. The summed E-state index contributed by atoms with van der Waals surface area (Å²) in [5, 5.41) is 12.1. The fraction of sp³-hybridized carbons (Fsp3) is 0.421. The molecule has 27 heavy (non-hydrogen) atoms. The van der Waals surface area contributed by atoms with Crippen LogP contribution in [-0.4, -0.2) is 45.7 Å². The molecular formula is C19H23FN4O2S. The Morgan fingerprint density at radius 1 is 1.48 bits per heavy atom. The molecule has 1 fully saturated rings. The summed E-state index contributed by atoms with van der Waals surface area (Å²) in [5.41, 5.74) is 0.645. The largest absolute Gasteiger partial charge is 0.377 e. The second-order valence-corrected chi connectivity index (χ2v) is 7.32. The molecule has 6 nitrogen and oxygen atoms in total. The maximum Gasteiger partial charge on any atom is 0.244 e. The molecule has 1 aromatic carbocycles. The summed E-state index contributed by atoms with van der Waals surface area (Å²) in [6, 6.07) is 6.09. The number of carbonyl (C=O) groups excluding carboxylic acids is 1. The summed E-state index contributed by atoms with van der Waals surface area (Å²) in [4.78, 5) is 11.9. The second-order valence-electron chi connectivity index (χ2n) is 6.33. The lowest BCUT2D eigenvalue weighted by molar-refractivity contribution is -0.116. The van der Waals surface area contributed by atoms with Crippen molar-refractivity contribution in [3.63, 3.8) is 0 Å². The predicted molar refractivity (Wildman–Crippen MR) is 103 cm³/mol. The minimum atomic E-state index is -0.326. The maximum atomic E-state index is 13.1. The van der Waals surface area contributed by atoms with E-state index in [0.29, 0.717) is 24.6 Å². The van der Waals surface area contributed by atoms with Gasteiger partial charge in [0.2, 0.25) is 5.91 Å². The van der Waals surface area contributed by atoms with Crippen molar-refractivity contribution in [3.05, 3.63) is 47.5 Å². The monoisotopic (exact) mass is 390 g/mol. The molecule has 1 aromatic heterocycles. The Labute approximate surface area is 162 Å². The van der Waals surface area contributed by atoms with E-state index >= 15 is 0 Å². The smallest absolute Gasteiger partial charge is 0.244 e. The molecule has 144 valence electrons. The molecule has 1 atom stereocenters. The molecule has 1 unspecified atom stereocenters. The first kappa shape index (κ1) is 19.6. The molecule has 2 heterocycles. The van der Waals surface area contributed by atoms with Crippen molar-refractivity contribution in [2.45, 2.75) is 30.5 Å². The number of hydrogen-bond acceptors (Lipinski definition) is 5. The average Bonchev–Trinajstić information content (AvgIpc) is 3.29. The van der Waals surface area contributed by atoms with Gasteiger partial charge >= 0.3 is 0 Å². The Morgan fingerprint density at radius 2 is 2.37 bits per heavy atom. The number of aromatic nitrogens is 3. The van der Waals surface area contributed by atoms with Gasteiger partial charge in [0.15, 0.2) is 5.16 Å². The normalized spacial score (nSPS) is 16.9. The van der Waals surface area contributed by atoms with Gasteiger partial charge in [0.05, 0.1) is 6.10 Å². The molecule has 1 aliphatic rings. The molecule has 0 radical (unpaired) electrons. The third-order valence-corrected chi connectivity index (χ3v) is 5.42. The number of thioether (sulfide) groups is 1. The van der Waals surface area contributed by atoms with E-state index in [2.05, 4.69) is 15.5 Å². The van der Waals surface area contributed by atoms with Gasteiger partial charge in [0.1, 0.15) is 11.6 Å². The van der Waals surface area contributed by atoms with Crippen molar-refractivity contribution in [1.29, 1.82) is 0 Å². The Hall–Kier alpha value is -2.19. The number of benzene rings is 1. The molecule has 1 N–H and O–H groups in total. The quantitative estimate of drug-likeness (QED) is 0.554. The molecule has 1 amide bonds. The van der Waals surface area contributed by atoms with Crippen LogP contribution in [0.4, 0.5) is 4.39 Å². The van der Waals surface area contributed by atoms with Crippen molar-refractivity contribution >= 4 is 23.7 Å². The molecule has 1 saturated heterocycles. The van der Waals surface area contributed by atoms with Gasteiger partial charge in [0.25, 0.3) is 0 Å². The highest BCUT2D eigenvalue weighted by Gasteiger charge is 2.17. The Bertz CT molecular complexity index is 803. The zero-order valence-electron chi connectivity index (χ0n) is 15.2. The van der Waals surface area contributed by atoms with Crippen molar-refractivity contribution in [2.75, 3.05) is 18.9 Å². The van der Waals surface area contributed by atoms with Gasteiger partial charge in [-0.15, -0.1) is 10.2 Å². The van der Waals surface area contributed by atoms with Crippen LogP contribution in [0.2, 0.25) is 0 Å². The van der Waals surface area contributed by atoms with E-state index < -0.39 is 0 Å². The number of rotatable bonds is 8. The zero-order valence-corrected chi connectivity index (χ0v) is 16.0. The van der Waals surface area contributed by atoms with Crippen LogP contribution in [0.5, 0.6) is 0 Å². The van der Waals surface area contributed by atoms with Crippen LogP contribution >= 0.6 is 11.8 Å². The standard InChI is InChI=1S/C19H23FN4O2S/c1-24-17(22-23-19(24)27-13-16-6-3-11-26-16)9-10-21-18(25)8-7-14-4-2-5-15(20)12-14/h2,4-5,7-8,12,16H,3,6,9-11,13H2,1H3,(H,21,25)/b8-7+.